The van der Waals surface area contributed by atoms with Gasteiger partial charge in [-0.15, -0.1) is 0 Å². The van der Waals surface area contributed by atoms with E-state index in [0.29, 0.717) is 25.7 Å². The van der Waals surface area contributed by atoms with E-state index in [0.717, 1.165) is 5.92 Å². The van der Waals surface area contributed by atoms with Crippen LogP contribution in [0, 0.1) is 11.8 Å². The largest absolute Gasteiger partial charge is 0.382 e. The monoisotopic (exact) mass is 215 g/mol. The van der Waals surface area contributed by atoms with Gasteiger partial charge in [-0.3, -0.25) is 0 Å². The van der Waals surface area contributed by atoms with Gasteiger partial charge in [0.15, 0.2) is 0 Å². The highest BCUT2D eigenvalue weighted by atomic mass is 16.5. The van der Waals surface area contributed by atoms with E-state index < -0.39 is 0 Å². The molecule has 0 aromatic carbocycles. The van der Waals surface area contributed by atoms with Gasteiger partial charge in [-0.2, -0.15) is 0 Å². The molecule has 2 N–H and O–H groups in total. The second-order valence-electron chi connectivity index (χ2n) is 4.75. The van der Waals surface area contributed by atoms with Gasteiger partial charge >= 0.3 is 0 Å². The van der Waals surface area contributed by atoms with Crippen LogP contribution in [0.5, 0.6) is 0 Å². The number of nitrogens with two attached hydrogens (primary N) is 1. The SMILES string of the molecule is COCCOCC(N)C1CCC(C)CC1. The van der Waals surface area contributed by atoms with Crippen molar-refractivity contribution in [1.29, 1.82) is 0 Å². The van der Waals surface area contributed by atoms with Crippen molar-refractivity contribution in [2.75, 3.05) is 26.9 Å². The number of ether oxygens (including phenoxy) is 2. The third-order valence-corrected chi connectivity index (χ3v) is 3.41. The van der Waals surface area contributed by atoms with Crippen LogP contribution in [0.3, 0.4) is 0 Å². The van der Waals surface area contributed by atoms with Gasteiger partial charge in [0.1, 0.15) is 0 Å². The Bertz CT molecular complexity index is 156. The standard InChI is InChI=1S/C12H25NO2/c1-10-3-5-11(6-4-10)12(13)9-15-8-7-14-2/h10-12H,3-9,13H2,1-2H3. The van der Waals surface area contributed by atoms with Crippen LogP contribution in [0.15, 0.2) is 0 Å². The van der Waals surface area contributed by atoms with E-state index in [1.165, 1.54) is 25.7 Å². The summed E-state index contributed by atoms with van der Waals surface area (Å²) < 4.78 is 10.4. The van der Waals surface area contributed by atoms with Crippen molar-refractivity contribution in [3.8, 4) is 0 Å². The van der Waals surface area contributed by atoms with Gasteiger partial charge < -0.3 is 15.2 Å². The molecule has 1 aliphatic rings. The van der Waals surface area contributed by atoms with E-state index in [4.69, 9.17) is 15.2 Å². The fourth-order valence-electron chi connectivity index (χ4n) is 2.21. The number of rotatable bonds is 6. The van der Waals surface area contributed by atoms with Crippen LogP contribution in [0.25, 0.3) is 0 Å². The molecule has 90 valence electrons. The number of methoxy groups -OCH3 is 1. The second-order valence-corrected chi connectivity index (χ2v) is 4.75. The number of hydrogen-bond acceptors (Lipinski definition) is 3. The van der Waals surface area contributed by atoms with Crippen molar-refractivity contribution in [1.82, 2.24) is 0 Å². The van der Waals surface area contributed by atoms with Crippen molar-refractivity contribution >= 4 is 0 Å². The molecule has 1 fully saturated rings. The molecule has 0 heterocycles. The van der Waals surface area contributed by atoms with Gasteiger partial charge in [0, 0.05) is 13.2 Å². The first-order valence-electron chi connectivity index (χ1n) is 6.06. The molecule has 3 nitrogen and oxygen atoms in total. The summed E-state index contributed by atoms with van der Waals surface area (Å²) in [6.45, 7) is 4.33. The zero-order valence-electron chi connectivity index (χ0n) is 10.1. The molecule has 1 aliphatic carbocycles. The molecule has 1 rings (SSSR count). The van der Waals surface area contributed by atoms with Crippen molar-refractivity contribution in [2.24, 2.45) is 17.6 Å². The van der Waals surface area contributed by atoms with Crippen LogP contribution in [-0.4, -0.2) is 33.0 Å². The van der Waals surface area contributed by atoms with E-state index in [9.17, 15) is 0 Å². The number of hydrogen-bond donors (Lipinski definition) is 1. The minimum atomic E-state index is 0.217. The zero-order chi connectivity index (χ0) is 11.1. The molecule has 0 aromatic rings. The highest BCUT2D eigenvalue weighted by molar-refractivity contribution is 4.78. The Kier molecular flexibility index (Phi) is 6.22. The highest BCUT2D eigenvalue weighted by Gasteiger charge is 2.23. The summed E-state index contributed by atoms with van der Waals surface area (Å²) in [6, 6.07) is 0.217. The van der Waals surface area contributed by atoms with Gasteiger partial charge in [0.2, 0.25) is 0 Å². The van der Waals surface area contributed by atoms with Gasteiger partial charge in [-0.25, -0.2) is 0 Å². The van der Waals surface area contributed by atoms with E-state index in [1.54, 1.807) is 7.11 Å². The quantitative estimate of drug-likeness (QED) is 0.687. The van der Waals surface area contributed by atoms with Gasteiger partial charge in [0.25, 0.3) is 0 Å². The Balaban J connectivity index is 2.08. The molecule has 0 radical (unpaired) electrons. The van der Waals surface area contributed by atoms with Crippen LogP contribution >= 0.6 is 0 Å². The molecule has 15 heavy (non-hydrogen) atoms. The smallest absolute Gasteiger partial charge is 0.0701 e. The van der Waals surface area contributed by atoms with E-state index in [1.807, 2.05) is 0 Å². The Labute approximate surface area is 93.3 Å². The van der Waals surface area contributed by atoms with E-state index in [-0.39, 0.29) is 6.04 Å². The minimum Gasteiger partial charge on any atom is -0.382 e. The molecule has 0 saturated heterocycles. The molecule has 0 amide bonds. The van der Waals surface area contributed by atoms with Crippen molar-refractivity contribution in [3.63, 3.8) is 0 Å². The maximum absolute atomic E-state index is 6.11. The summed E-state index contributed by atoms with van der Waals surface area (Å²) in [5.74, 6) is 1.56. The predicted molar refractivity (Wildman–Crippen MR) is 61.8 cm³/mol. The summed E-state index contributed by atoms with van der Waals surface area (Å²) in [5, 5.41) is 0. The van der Waals surface area contributed by atoms with Crippen molar-refractivity contribution in [2.45, 2.75) is 38.6 Å². The predicted octanol–water partition coefficient (Wildman–Crippen LogP) is 1.80. The van der Waals surface area contributed by atoms with Crippen LogP contribution in [0.4, 0.5) is 0 Å². The summed E-state index contributed by atoms with van der Waals surface area (Å²) in [7, 11) is 1.69. The topological polar surface area (TPSA) is 44.5 Å². The zero-order valence-corrected chi connectivity index (χ0v) is 10.1. The first kappa shape index (κ1) is 12.9. The third-order valence-electron chi connectivity index (χ3n) is 3.41. The molecule has 1 atom stereocenters. The van der Waals surface area contributed by atoms with Crippen LogP contribution in [-0.2, 0) is 9.47 Å². The second kappa shape index (κ2) is 7.20. The lowest BCUT2D eigenvalue weighted by Crippen LogP contribution is -2.37. The van der Waals surface area contributed by atoms with Gasteiger partial charge in [0.05, 0.1) is 19.8 Å². The molecule has 0 spiro atoms. The normalized spacial score (nSPS) is 29.0. The Morgan fingerprint density at radius 3 is 2.47 bits per heavy atom. The molecule has 0 bridgehead atoms. The van der Waals surface area contributed by atoms with E-state index in [2.05, 4.69) is 6.92 Å². The average molecular weight is 215 g/mol. The summed E-state index contributed by atoms with van der Waals surface area (Å²) in [5.41, 5.74) is 6.11. The fourth-order valence-corrected chi connectivity index (χ4v) is 2.21. The summed E-state index contributed by atoms with van der Waals surface area (Å²) >= 11 is 0. The average Bonchev–Trinajstić information content (AvgIpc) is 2.25. The lowest BCUT2D eigenvalue weighted by atomic mass is 9.80. The molecule has 0 aliphatic heterocycles. The first-order valence-corrected chi connectivity index (χ1v) is 6.06. The molecular weight excluding hydrogens is 190 g/mol. The maximum atomic E-state index is 6.11. The van der Waals surface area contributed by atoms with Crippen LogP contribution in [0.2, 0.25) is 0 Å². The van der Waals surface area contributed by atoms with Crippen LogP contribution in [0.1, 0.15) is 32.6 Å². The Hall–Kier alpha value is -0.120. The fraction of sp³-hybridized carbons (Fsp3) is 1.00. The Morgan fingerprint density at radius 2 is 1.87 bits per heavy atom. The lowest BCUT2D eigenvalue weighted by Gasteiger charge is -2.30. The first-order chi connectivity index (χ1) is 7.24. The molecular formula is C12H25NO2. The van der Waals surface area contributed by atoms with E-state index >= 15 is 0 Å². The minimum absolute atomic E-state index is 0.217. The molecule has 1 saturated carbocycles. The van der Waals surface area contributed by atoms with Crippen molar-refractivity contribution < 1.29 is 9.47 Å². The lowest BCUT2D eigenvalue weighted by molar-refractivity contribution is 0.0509. The third kappa shape index (κ3) is 4.96. The van der Waals surface area contributed by atoms with Gasteiger partial charge in [-0.05, 0) is 24.7 Å². The molecule has 1 unspecified atom stereocenters. The molecule has 3 heteroatoms. The van der Waals surface area contributed by atoms with Gasteiger partial charge in [-0.1, -0.05) is 19.8 Å². The maximum Gasteiger partial charge on any atom is 0.0701 e. The van der Waals surface area contributed by atoms with Crippen LogP contribution < -0.4 is 5.73 Å². The highest BCUT2D eigenvalue weighted by Crippen LogP contribution is 2.29. The summed E-state index contributed by atoms with van der Waals surface area (Å²) in [6.07, 6.45) is 5.21. The Morgan fingerprint density at radius 1 is 1.20 bits per heavy atom. The van der Waals surface area contributed by atoms with Crippen molar-refractivity contribution in [3.05, 3.63) is 0 Å². The molecule has 0 aromatic heterocycles. The summed E-state index contributed by atoms with van der Waals surface area (Å²) in [4.78, 5) is 0.